The topological polar surface area (TPSA) is 34.1 Å². The molecule has 3 heteroatoms. The third-order valence-corrected chi connectivity index (χ3v) is 0. The molecule has 2 nitrogen and oxygen atoms in total. The van der Waals surface area contributed by atoms with Crippen LogP contribution in [0.25, 0.3) is 0 Å². The van der Waals surface area contributed by atoms with Gasteiger partial charge in [-0.3, -0.25) is 6.79 Å². The standard InChI is InChI=1S/C2H4O.CHO.Pt/c1-2-3;1-2;/h2H,1H3;1H;/q;-1;. The zero-order valence-corrected chi connectivity index (χ0v) is 5.56. The molecule has 0 fully saturated rings. The summed E-state index contributed by atoms with van der Waals surface area (Å²) >= 11 is 0. The van der Waals surface area contributed by atoms with Crippen LogP contribution in [-0.2, 0) is 30.7 Å². The summed E-state index contributed by atoms with van der Waals surface area (Å²) in [6.07, 6.45) is 0.750. The summed E-state index contributed by atoms with van der Waals surface area (Å²) in [5.74, 6) is 0. The van der Waals surface area contributed by atoms with Crippen LogP contribution < -0.4 is 0 Å². The fraction of sp³-hybridized carbons (Fsp3) is 0.333. The van der Waals surface area contributed by atoms with Gasteiger partial charge in [-0.1, -0.05) is 0 Å². The van der Waals surface area contributed by atoms with Crippen LogP contribution in [0.5, 0.6) is 0 Å². The molecule has 0 radical (unpaired) electrons. The van der Waals surface area contributed by atoms with Crippen LogP contribution in [0.3, 0.4) is 0 Å². The van der Waals surface area contributed by atoms with E-state index in [-0.39, 0.29) is 21.1 Å². The minimum atomic E-state index is 0. The van der Waals surface area contributed by atoms with Gasteiger partial charge in [0.1, 0.15) is 6.29 Å². The van der Waals surface area contributed by atoms with Crippen molar-refractivity contribution in [2.75, 3.05) is 0 Å². The third kappa shape index (κ3) is 46100. The van der Waals surface area contributed by atoms with Crippen molar-refractivity contribution in [3.05, 3.63) is 0 Å². The van der Waals surface area contributed by atoms with Crippen molar-refractivity contribution in [2.24, 2.45) is 0 Å². The second-order valence-corrected chi connectivity index (χ2v) is 0.236. The normalized spacial score (nSPS) is 2.83. The molecule has 0 amide bonds. The average Bonchev–Trinajstić information content (AvgIpc) is 1.46. The first-order chi connectivity index (χ1) is 2.41. The molecule has 0 atom stereocenters. The molecule has 6 heavy (non-hydrogen) atoms. The van der Waals surface area contributed by atoms with E-state index in [1.165, 1.54) is 6.92 Å². The number of carbonyl (C=O) groups excluding carboxylic acids is 2. The molecule has 0 aromatic carbocycles. The third-order valence-electron chi connectivity index (χ3n) is 0. The summed E-state index contributed by atoms with van der Waals surface area (Å²) in [6.45, 7) is 4.69. The number of carbonyl (C=O) groups is 1. The van der Waals surface area contributed by atoms with Gasteiger partial charge in [-0.15, -0.1) is 0 Å². The summed E-state index contributed by atoms with van der Waals surface area (Å²) in [6, 6.07) is 0. The van der Waals surface area contributed by atoms with Gasteiger partial charge in [-0.2, -0.15) is 0 Å². The Labute approximate surface area is 51.2 Å². The summed E-state index contributed by atoms with van der Waals surface area (Å²) in [7, 11) is 0. The summed E-state index contributed by atoms with van der Waals surface area (Å²) in [4.78, 5) is 16.6. The molecule has 0 rings (SSSR count). The van der Waals surface area contributed by atoms with Gasteiger partial charge in [-0.25, -0.2) is 0 Å². The summed E-state index contributed by atoms with van der Waals surface area (Å²) in [5, 5.41) is 0. The molecule has 0 aliphatic carbocycles. The molecule has 0 saturated carbocycles. The molecule has 0 heterocycles. The second kappa shape index (κ2) is 77.2. The molecular weight excluding hydrogens is 263 g/mol. The smallest absolute Gasteiger partial charge is 0.116 e. The Bertz CT molecular complexity index is 22.8. The van der Waals surface area contributed by atoms with Crippen LogP contribution in [-0.4, -0.2) is 13.1 Å². The van der Waals surface area contributed by atoms with Crippen molar-refractivity contribution in [3.8, 4) is 0 Å². The predicted molar refractivity (Wildman–Crippen MR) is 18.5 cm³/mol. The molecule has 0 saturated heterocycles. The van der Waals surface area contributed by atoms with Crippen LogP contribution >= 0.6 is 0 Å². The summed E-state index contributed by atoms with van der Waals surface area (Å²) < 4.78 is 0. The number of aldehydes is 1. The van der Waals surface area contributed by atoms with Gasteiger partial charge >= 0.3 is 0 Å². The van der Waals surface area contributed by atoms with Gasteiger partial charge < -0.3 is 9.59 Å². The van der Waals surface area contributed by atoms with Crippen molar-refractivity contribution in [2.45, 2.75) is 6.92 Å². The van der Waals surface area contributed by atoms with Crippen molar-refractivity contribution in [3.63, 3.8) is 0 Å². The predicted octanol–water partition coefficient (Wildman–Crippen LogP) is -0.0714. The van der Waals surface area contributed by atoms with Crippen molar-refractivity contribution in [1.82, 2.24) is 0 Å². The Hall–Kier alpha value is 0.0283. The molecule has 0 unspecified atom stereocenters. The molecule has 0 aliphatic heterocycles. The van der Waals surface area contributed by atoms with E-state index in [1.54, 1.807) is 0 Å². The van der Waals surface area contributed by atoms with Gasteiger partial charge in [0.05, 0.1) is 0 Å². The van der Waals surface area contributed by atoms with E-state index in [0.29, 0.717) is 0 Å². The fourth-order valence-corrected chi connectivity index (χ4v) is 0. The zero-order chi connectivity index (χ0) is 4.71. The minimum Gasteiger partial charge on any atom is -0.545 e. The quantitative estimate of drug-likeness (QED) is 0.455. The van der Waals surface area contributed by atoms with E-state index < -0.39 is 0 Å². The Morgan fingerprint density at radius 3 is 1.50 bits per heavy atom. The van der Waals surface area contributed by atoms with Crippen LogP contribution in [0.15, 0.2) is 0 Å². The molecule has 40 valence electrons. The Morgan fingerprint density at radius 2 is 1.50 bits per heavy atom. The number of hydrogen-bond acceptors (Lipinski definition) is 2. The Kier molecular flexibility index (Phi) is 214. The molecular formula is C3H5O2Pt-. The number of hydrogen-bond donors (Lipinski definition) is 0. The van der Waals surface area contributed by atoms with E-state index in [4.69, 9.17) is 9.59 Å². The van der Waals surface area contributed by atoms with Crippen molar-refractivity contribution in [1.29, 1.82) is 0 Å². The van der Waals surface area contributed by atoms with Gasteiger partial charge in [0, 0.05) is 21.1 Å². The maximum absolute atomic E-state index is 8.81. The second-order valence-electron chi connectivity index (χ2n) is 0.236. The van der Waals surface area contributed by atoms with Crippen LogP contribution in [0, 0.1) is 0 Å². The van der Waals surface area contributed by atoms with Crippen molar-refractivity contribution >= 4 is 13.1 Å². The van der Waals surface area contributed by atoms with Gasteiger partial charge in [0.2, 0.25) is 0 Å². The van der Waals surface area contributed by atoms with Crippen LogP contribution in [0.4, 0.5) is 0 Å². The zero-order valence-electron chi connectivity index (χ0n) is 3.29. The maximum Gasteiger partial charge on any atom is 0.116 e. The van der Waals surface area contributed by atoms with E-state index in [2.05, 4.69) is 6.79 Å². The maximum atomic E-state index is 8.81. The first-order valence-electron chi connectivity index (χ1n) is 1.05. The monoisotopic (exact) mass is 268 g/mol. The van der Waals surface area contributed by atoms with E-state index >= 15 is 0 Å². The number of rotatable bonds is 0. The van der Waals surface area contributed by atoms with Crippen molar-refractivity contribution < 1.29 is 30.7 Å². The largest absolute Gasteiger partial charge is 0.545 e. The van der Waals surface area contributed by atoms with Gasteiger partial charge in [0.15, 0.2) is 0 Å². The molecule has 0 aromatic heterocycles. The Balaban J connectivity index is -0.0000000275. The summed E-state index contributed by atoms with van der Waals surface area (Å²) in [5.41, 5.74) is 0. The SMILES string of the molecule is CC=O.[CH-]=O.[Pt]. The molecule has 0 spiro atoms. The van der Waals surface area contributed by atoms with Crippen LogP contribution in [0.2, 0.25) is 0 Å². The molecule has 0 aliphatic rings. The van der Waals surface area contributed by atoms with Gasteiger partial charge in [-0.05, 0) is 6.92 Å². The Morgan fingerprint density at radius 1 is 1.50 bits per heavy atom. The van der Waals surface area contributed by atoms with E-state index in [1.807, 2.05) is 0 Å². The van der Waals surface area contributed by atoms with E-state index in [0.717, 1.165) is 6.29 Å². The minimum absolute atomic E-state index is 0. The molecule has 0 N–H and O–H groups in total. The molecule has 0 aromatic rings. The average molecular weight is 268 g/mol. The van der Waals surface area contributed by atoms with Gasteiger partial charge in [0.25, 0.3) is 0 Å². The first kappa shape index (κ1) is 16.6. The molecule has 0 bridgehead atoms. The van der Waals surface area contributed by atoms with E-state index in [9.17, 15) is 0 Å². The fourth-order valence-electron chi connectivity index (χ4n) is 0. The van der Waals surface area contributed by atoms with Crippen LogP contribution in [0.1, 0.15) is 6.92 Å². The first-order valence-corrected chi connectivity index (χ1v) is 1.05.